The van der Waals surface area contributed by atoms with Crippen molar-refractivity contribution in [3.63, 3.8) is 0 Å². The van der Waals surface area contributed by atoms with Crippen molar-refractivity contribution >= 4 is 0 Å². The van der Waals surface area contributed by atoms with E-state index < -0.39 is 0 Å². The summed E-state index contributed by atoms with van der Waals surface area (Å²) in [6.45, 7) is 9.72. The maximum Gasteiger partial charge on any atom is 0.115 e. The molecule has 0 amide bonds. The fourth-order valence-corrected chi connectivity index (χ4v) is 1.64. The first-order valence-electron chi connectivity index (χ1n) is 6.03. The van der Waals surface area contributed by atoms with E-state index in [2.05, 4.69) is 34.0 Å². The van der Waals surface area contributed by atoms with Gasteiger partial charge < -0.3 is 10.2 Å². The van der Waals surface area contributed by atoms with E-state index in [1.165, 1.54) is 13.0 Å². The minimum atomic E-state index is 0.852. The Hall–Kier alpha value is -1.00. The molecule has 0 radical (unpaired) electrons. The summed E-state index contributed by atoms with van der Waals surface area (Å²) in [4.78, 5) is 10.4. The van der Waals surface area contributed by atoms with E-state index in [9.17, 15) is 0 Å². The average Bonchev–Trinajstić information content (AvgIpc) is 2.34. The van der Waals surface area contributed by atoms with Crippen molar-refractivity contribution in [2.75, 3.05) is 26.2 Å². The molecule has 0 fully saturated rings. The predicted octanol–water partition coefficient (Wildman–Crippen LogP) is 1.30. The van der Waals surface area contributed by atoms with E-state index >= 15 is 0 Å². The van der Waals surface area contributed by atoms with E-state index in [0.29, 0.717) is 0 Å². The van der Waals surface area contributed by atoms with Crippen LogP contribution in [0.15, 0.2) is 18.7 Å². The van der Waals surface area contributed by atoms with Gasteiger partial charge in [-0.25, -0.2) is 9.97 Å². The number of aromatic nitrogens is 2. The van der Waals surface area contributed by atoms with Gasteiger partial charge in [-0.15, -0.1) is 0 Å². The van der Waals surface area contributed by atoms with Crippen LogP contribution >= 0.6 is 0 Å². The summed E-state index contributed by atoms with van der Waals surface area (Å²) < 4.78 is 0. The van der Waals surface area contributed by atoms with Gasteiger partial charge in [-0.2, -0.15) is 0 Å². The number of hydrogen-bond donors (Lipinski definition) is 1. The van der Waals surface area contributed by atoms with Crippen molar-refractivity contribution in [3.05, 3.63) is 24.3 Å². The van der Waals surface area contributed by atoms with Crippen LogP contribution in [0.4, 0.5) is 0 Å². The molecule has 0 saturated heterocycles. The van der Waals surface area contributed by atoms with Crippen LogP contribution in [-0.2, 0) is 6.54 Å². The van der Waals surface area contributed by atoms with Crippen molar-refractivity contribution < 1.29 is 0 Å². The summed E-state index contributed by atoms with van der Waals surface area (Å²) in [6, 6.07) is 0. The van der Waals surface area contributed by atoms with Crippen LogP contribution < -0.4 is 5.32 Å². The Bertz CT molecular complexity index is 263. The number of nitrogens with one attached hydrogen (secondary N) is 1. The van der Waals surface area contributed by atoms with Crippen LogP contribution in [0.25, 0.3) is 0 Å². The van der Waals surface area contributed by atoms with E-state index in [0.717, 1.165) is 31.7 Å². The van der Waals surface area contributed by atoms with Crippen molar-refractivity contribution in [3.8, 4) is 0 Å². The first-order chi connectivity index (χ1) is 7.86. The Morgan fingerprint density at radius 1 is 1.19 bits per heavy atom. The molecule has 4 heteroatoms. The van der Waals surface area contributed by atoms with E-state index in [1.54, 1.807) is 6.33 Å². The van der Waals surface area contributed by atoms with Crippen LogP contribution in [0.2, 0.25) is 0 Å². The predicted molar refractivity (Wildman–Crippen MR) is 66.1 cm³/mol. The third-order valence-electron chi connectivity index (χ3n) is 2.54. The molecule has 4 nitrogen and oxygen atoms in total. The van der Waals surface area contributed by atoms with Crippen molar-refractivity contribution in [1.82, 2.24) is 20.2 Å². The Morgan fingerprint density at radius 3 is 2.56 bits per heavy atom. The van der Waals surface area contributed by atoms with Gasteiger partial charge in [0, 0.05) is 37.6 Å². The van der Waals surface area contributed by atoms with E-state index in [1.807, 2.05) is 12.4 Å². The highest BCUT2D eigenvalue weighted by atomic mass is 15.1. The number of nitrogens with zero attached hydrogens (tertiary/aromatic N) is 3. The molecule has 0 unspecified atom stereocenters. The smallest absolute Gasteiger partial charge is 0.115 e. The molecule has 0 aliphatic heterocycles. The molecule has 0 saturated carbocycles. The largest absolute Gasteiger partial charge is 0.311 e. The lowest BCUT2D eigenvalue weighted by Gasteiger charge is -2.19. The molecule has 16 heavy (non-hydrogen) atoms. The third kappa shape index (κ3) is 5.19. The van der Waals surface area contributed by atoms with Crippen LogP contribution in [-0.4, -0.2) is 41.0 Å². The summed E-state index contributed by atoms with van der Waals surface area (Å²) in [5.74, 6) is 0. The van der Waals surface area contributed by atoms with Gasteiger partial charge in [-0.3, -0.25) is 0 Å². The normalized spacial score (nSPS) is 10.9. The van der Waals surface area contributed by atoms with E-state index in [-0.39, 0.29) is 0 Å². The fourth-order valence-electron chi connectivity index (χ4n) is 1.64. The molecule has 0 aromatic carbocycles. The second kappa shape index (κ2) is 8.19. The molecule has 0 bridgehead atoms. The Labute approximate surface area is 98.1 Å². The second-order valence-electron chi connectivity index (χ2n) is 3.86. The second-order valence-corrected chi connectivity index (χ2v) is 3.86. The zero-order valence-electron chi connectivity index (χ0n) is 10.3. The molecule has 1 rings (SSSR count). The lowest BCUT2D eigenvalue weighted by molar-refractivity contribution is 0.287. The summed E-state index contributed by atoms with van der Waals surface area (Å²) in [6.07, 6.45) is 6.48. The summed E-state index contributed by atoms with van der Waals surface area (Å²) in [5, 5.41) is 3.40. The van der Waals surface area contributed by atoms with Crippen LogP contribution in [0.5, 0.6) is 0 Å². The molecule has 1 N–H and O–H groups in total. The summed E-state index contributed by atoms with van der Waals surface area (Å²) in [5.41, 5.74) is 1.14. The lowest BCUT2D eigenvalue weighted by atomic mass is 10.3. The standard InChI is InChI=1S/C12H22N4/c1-3-6-16(4-2)7-5-13-8-12-9-14-11-15-10-12/h9-11,13H,3-8H2,1-2H3. The monoisotopic (exact) mass is 222 g/mol. The van der Waals surface area contributed by atoms with Crippen LogP contribution in [0, 0.1) is 0 Å². The minimum absolute atomic E-state index is 0.852. The number of rotatable bonds is 8. The average molecular weight is 222 g/mol. The molecule has 0 aliphatic rings. The van der Waals surface area contributed by atoms with Crippen molar-refractivity contribution in [2.24, 2.45) is 0 Å². The molecule has 1 aromatic rings. The van der Waals surface area contributed by atoms with Crippen molar-refractivity contribution in [1.29, 1.82) is 0 Å². The van der Waals surface area contributed by atoms with Gasteiger partial charge in [0.25, 0.3) is 0 Å². The van der Waals surface area contributed by atoms with Gasteiger partial charge in [0.15, 0.2) is 0 Å². The number of hydrogen-bond acceptors (Lipinski definition) is 4. The summed E-state index contributed by atoms with van der Waals surface area (Å²) >= 11 is 0. The van der Waals surface area contributed by atoms with Crippen LogP contribution in [0.3, 0.4) is 0 Å². The lowest BCUT2D eigenvalue weighted by Crippen LogP contribution is -2.32. The number of likely N-dealkylation sites (N-methyl/N-ethyl adjacent to an activating group) is 1. The Morgan fingerprint density at radius 2 is 1.94 bits per heavy atom. The highest BCUT2D eigenvalue weighted by Gasteiger charge is 1.99. The van der Waals surface area contributed by atoms with E-state index in [4.69, 9.17) is 0 Å². The summed E-state index contributed by atoms with van der Waals surface area (Å²) in [7, 11) is 0. The molecule has 0 atom stereocenters. The molecule has 90 valence electrons. The molecular weight excluding hydrogens is 200 g/mol. The van der Waals surface area contributed by atoms with Gasteiger partial charge in [0.1, 0.15) is 6.33 Å². The topological polar surface area (TPSA) is 41.0 Å². The van der Waals surface area contributed by atoms with Gasteiger partial charge in [-0.1, -0.05) is 13.8 Å². The van der Waals surface area contributed by atoms with Crippen LogP contribution in [0.1, 0.15) is 25.8 Å². The highest BCUT2D eigenvalue weighted by molar-refractivity contribution is 5.01. The Balaban J connectivity index is 2.11. The fraction of sp³-hybridized carbons (Fsp3) is 0.667. The van der Waals surface area contributed by atoms with Gasteiger partial charge >= 0.3 is 0 Å². The Kier molecular flexibility index (Phi) is 6.69. The first kappa shape index (κ1) is 13.1. The zero-order chi connectivity index (χ0) is 11.6. The quantitative estimate of drug-likeness (QED) is 0.673. The minimum Gasteiger partial charge on any atom is -0.311 e. The first-order valence-corrected chi connectivity index (χ1v) is 6.03. The maximum absolute atomic E-state index is 3.98. The van der Waals surface area contributed by atoms with Crippen molar-refractivity contribution in [2.45, 2.75) is 26.8 Å². The SMILES string of the molecule is CCCN(CC)CCNCc1cncnc1. The maximum atomic E-state index is 3.98. The molecule has 1 aromatic heterocycles. The molecule has 1 heterocycles. The molecular formula is C12H22N4. The molecule has 0 aliphatic carbocycles. The third-order valence-corrected chi connectivity index (χ3v) is 2.54. The van der Waals surface area contributed by atoms with Gasteiger partial charge in [-0.05, 0) is 19.5 Å². The zero-order valence-corrected chi connectivity index (χ0v) is 10.3. The molecule has 0 spiro atoms. The van der Waals surface area contributed by atoms with Gasteiger partial charge in [0.2, 0.25) is 0 Å². The van der Waals surface area contributed by atoms with Gasteiger partial charge in [0.05, 0.1) is 0 Å². The highest BCUT2D eigenvalue weighted by Crippen LogP contribution is 1.92.